The van der Waals surface area contributed by atoms with Gasteiger partial charge in [0.2, 0.25) is 0 Å². The second-order valence-electron chi connectivity index (χ2n) is 19.4. The van der Waals surface area contributed by atoms with Crippen molar-refractivity contribution in [3.05, 3.63) is 190 Å². The topological polar surface area (TPSA) is 6.48 Å². The van der Waals surface area contributed by atoms with Gasteiger partial charge in [-0.25, -0.2) is 0 Å². The van der Waals surface area contributed by atoms with Crippen LogP contribution in [0.15, 0.2) is 158 Å². The van der Waals surface area contributed by atoms with Crippen LogP contribution >= 0.6 is 11.3 Å². The highest BCUT2D eigenvalue weighted by Gasteiger charge is 2.44. The largest absolute Gasteiger partial charge is 0.311 e. The number of aryl methyl sites for hydroxylation is 2. The van der Waals surface area contributed by atoms with Gasteiger partial charge in [0.15, 0.2) is 0 Å². The first-order chi connectivity index (χ1) is 29.4. The summed E-state index contributed by atoms with van der Waals surface area (Å²) in [5.74, 6) is 0. The Morgan fingerprint density at radius 3 is 1.80 bits per heavy atom. The molecule has 298 valence electrons. The van der Waals surface area contributed by atoms with E-state index in [2.05, 4.69) is 216 Å². The molecule has 4 heteroatoms. The van der Waals surface area contributed by atoms with Gasteiger partial charge >= 0.3 is 0 Å². The number of thiophene rings is 1. The first-order valence-electron chi connectivity index (χ1n) is 21.9. The van der Waals surface area contributed by atoms with Crippen LogP contribution in [0.25, 0.3) is 26.8 Å². The summed E-state index contributed by atoms with van der Waals surface area (Å²) in [6.07, 6.45) is 4.66. The molecular weight excluding hydrogens is 756 g/mol. The molecule has 0 spiro atoms. The summed E-state index contributed by atoms with van der Waals surface area (Å²) in [5, 5.41) is 1.38. The highest BCUT2D eigenvalue weighted by Crippen LogP contribution is 2.47. The molecule has 7 aromatic carbocycles. The fraction of sp³-hybridized carbons (Fsp3) is 0.193. The molecule has 0 unspecified atom stereocenters. The van der Waals surface area contributed by atoms with Gasteiger partial charge in [-0.1, -0.05) is 145 Å². The molecule has 61 heavy (non-hydrogen) atoms. The van der Waals surface area contributed by atoms with E-state index in [-0.39, 0.29) is 17.5 Å². The van der Waals surface area contributed by atoms with Crippen molar-refractivity contribution < 1.29 is 0 Å². The molecule has 0 radical (unpaired) electrons. The van der Waals surface area contributed by atoms with Crippen LogP contribution in [0.3, 0.4) is 0 Å². The molecule has 3 heterocycles. The van der Waals surface area contributed by atoms with E-state index >= 15 is 0 Å². The Hall–Kier alpha value is -6.10. The van der Waals surface area contributed by atoms with Crippen molar-refractivity contribution in [2.24, 2.45) is 0 Å². The summed E-state index contributed by atoms with van der Waals surface area (Å²) in [4.78, 5) is 6.62. The predicted octanol–water partition coefficient (Wildman–Crippen LogP) is 13.9. The zero-order valence-corrected chi connectivity index (χ0v) is 37.1. The van der Waals surface area contributed by atoms with E-state index in [1.807, 2.05) is 11.3 Å². The molecule has 0 atom stereocenters. The first kappa shape index (κ1) is 37.9. The smallest absolute Gasteiger partial charge is 0.252 e. The second-order valence-corrected chi connectivity index (χ2v) is 20.5. The molecule has 0 bridgehead atoms. The Kier molecular flexibility index (Phi) is 8.68. The molecule has 2 nitrogen and oxygen atoms in total. The fourth-order valence-corrected chi connectivity index (χ4v) is 11.4. The Bertz CT molecular complexity index is 3050. The number of nitrogens with zero attached hydrogens (tertiary/aromatic N) is 2. The second kappa shape index (κ2) is 14.0. The lowest BCUT2D eigenvalue weighted by Gasteiger charge is -2.45. The number of fused-ring (bicyclic) bond motifs is 7. The molecule has 3 aliphatic rings. The Morgan fingerprint density at radius 2 is 1.11 bits per heavy atom. The average molecular weight is 807 g/mol. The van der Waals surface area contributed by atoms with E-state index in [9.17, 15) is 0 Å². The van der Waals surface area contributed by atoms with Crippen molar-refractivity contribution in [2.45, 2.75) is 72.1 Å². The molecule has 8 aromatic rings. The van der Waals surface area contributed by atoms with E-state index in [1.54, 1.807) is 0 Å². The van der Waals surface area contributed by atoms with Crippen LogP contribution in [-0.2, 0) is 17.3 Å². The number of anilines is 6. The van der Waals surface area contributed by atoms with Crippen molar-refractivity contribution in [3.8, 4) is 11.1 Å². The number of benzene rings is 7. The standard InChI is InChI=1S/C57H51BN2S/c1-36-32-50-55-51(33-36)60(43-26-20-38(21-27-43)37-14-9-8-10-15-37)49-35-41(57(5,6)7)24-30-46(49)58(55)47-34-40(56(2,3)4)25-31-48(47)59(50)42-28-22-39(23-29-42)44-17-13-19-53-54(44)45-16-11-12-18-52(45)61-53/h8-12,14-18,20-35H,13,19H2,1-7H3. The van der Waals surface area contributed by atoms with E-state index in [0.29, 0.717) is 0 Å². The third kappa shape index (κ3) is 6.21. The lowest BCUT2D eigenvalue weighted by Crippen LogP contribution is -2.61. The van der Waals surface area contributed by atoms with Crippen molar-refractivity contribution in [3.63, 3.8) is 0 Å². The molecule has 0 saturated carbocycles. The average Bonchev–Trinajstić information content (AvgIpc) is 3.65. The van der Waals surface area contributed by atoms with Crippen LogP contribution in [0.2, 0.25) is 0 Å². The van der Waals surface area contributed by atoms with Gasteiger partial charge in [-0.3, -0.25) is 0 Å². The van der Waals surface area contributed by atoms with Crippen molar-refractivity contribution in [1.82, 2.24) is 0 Å². The summed E-state index contributed by atoms with van der Waals surface area (Å²) in [5.41, 5.74) is 21.9. The third-order valence-corrected chi connectivity index (χ3v) is 14.5. The van der Waals surface area contributed by atoms with Crippen molar-refractivity contribution in [1.29, 1.82) is 0 Å². The summed E-state index contributed by atoms with van der Waals surface area (Å²) in [6, 6.07) is 57.8. The highest BCUT2D eigenvalue weighted by atomic mass is 32.1. The molecule has 11 rings (SSSR count). The van der Waals surface area contributed by atoms with E-state index in [1.165, 1.54) is 110 Å². The summed E-state index contributed by atoms with van der Waals surface area (Å²) >= 11 is 1.96. The van der Waals surface area contributed by atoms with Gasteiger partial charge in [-0.05, 0) is 141 Å². The lowest BCUT2D eigenvalue weighted by atomic mass is 9.33. The zero-order chi connectivity index (χ0) is 41.8. The Balaban J connectivity index is 1.12. The molecule has 1 aliphatic carbocycles. The minimum atomic E-state index is -0.00545. The maximum atomic E-state index is 2.56. The molecule has 0 saturated heterocycles. The zero-order valence-electron chi connectivity index (χ0n) is 36.3. The summed E-state index contributed by atoms with van der Waals surface area (Å²) in [7, 11) is 0. The van der Waals surface area contributed by atoms with Crippen molar-refractivity contribution in [2.75, 3.05) is 9.80 Å². The SMILES string of the molecule is Cc1cc2c3c(c1)N(c1ccc(-c4ccccc4)cc1)c1cc(C(C)(C)C)ccc1B3c1cc(C(C)(C)C)ccc1N2c1ccc(C2=CCCc3sc4ccccc4c32)cc1. The van der Waals surface area contributed by atoms with E-state index in [4.69, 9.17) is 0 Å². The Morgan fingerprint density at radius 1 is 0.525 bits per heavy atom. The summed E-state index contributed by atoms with van der Waals surface area (Å²) < 4.78 is 1.38. The molecular formula is C57H51BN2S. The van der Waals surface area contributed by atoms with Gasteiger partial charge in [0, 0.05) is 54.7 Å². The van der Waals surface area contributed by atoms with Crippen LogP contribution in [0.4, 0.5) is 34.1 Å². The minimum Gasteiger partial charge on any atom is -0.311 e. The quantitative estimate of drug-likeness (QED) is 0.164. The predicted molar refractivity (Wildman–Crippen MR) is 265 cm³/mol. The van der Waals surface area contributed by atoms with Gasteiger partial charge in [0.1, 0.15) is 0 Å². The third-order valence-electron chi connectivity index (χ3n) is 13.3. The number of allylic oxidation sites excluding steroid dienone is 1. The Labute approximate surface area is 365 Å². The molecule has 0 amide bonds. The monoisotopic (exact) mass is 806 g/mol. The lowest BCUT2D eigenvalue weighted by molar-refractivity contribution is 0.590. The van der Waals surface area contributed by atoms with Crippen LogP contribution in [0, 0.1) is 6.92 Å². The molecule has 0 N–H and O–H groups in total. The van der Waals surface area contributed by atoms with E-state index in [0.717, 1.165) is 12.8 Å². The maximum Gasteiger partial charge on any atom is 0.252 e. The maximum absolute atomic E-state index is 2.56. The minimum absolute atomic E-state index is 0.00356. The number of rotatable bonds is 4. The van der Waals surface area contributed by atoms with Crippen molar-refractivity contribution >= 4 is 84.2 Å². The number of hydrogen-bond acceptors (Lipinski definition) is 3. The van der Waals surface area contributed by atoms with Gasteiger partial charge in [0.05, 0.1) is 0 Å². The van der Waals surface area contributed by atoms with E-state index < -0.39 is 0 Å². The van der Waals surface area contributed by atoms with Crippen LogP contribution in [-0.4, -0.2) is 6.71 Å². The molecule has 2 aliphatic heterocycles. The van der Waals surface area contributed by atoms with Crippen LogP contribution in [0.5, 0.6) is 0 Å². The van der Waals surface area contributed by atoms with Gasteiger partial charge in [-0.15, -0.1) is 11.3 Å². The van der Waals surface area contributed by atoms with Gasteiger partial charge < -0.3 is 9.80 Å². The number of hydrogen-bond donors (Lipinski definition) is 0. The van der Waals surface area contributed by atoms with Gasteiger partial charge in [-0.2, -0.15) is 0 Å². The highest BCUT2D eigenvalue weighted by molar-refractivity contribution is 7.19. The fourth-order valence-electron chi connectivity index (χ4n) is 10.1. The van der Waals surface area contributed by atoms with Crippen LogP contribution in [0.1, 0.15) is 80.7 Å². The van der Waals surface area contributed by atoms with Crippen LogP contribution < -0.4 is 26.2 Å². The first-order valence-corrected chi connectivity index (χ1v) is 22.7. The van der Waals surface area contributed by atoms with Gasteiger partial charge in [0.25, 0.3) is 6.71 Å². The normalized spacial score (nSPS) is 14.3. The molecule has 0 fully saturated rings. The summed E-state index contributed by atoms with van der Waals surface area (Å²) in [6.45, 7) is 16.3. The molecule has 1 aromatic heterocycles.